The number of aliphatic hydroxyl groups excluding tert-OH is 1. The molecule has 2 saturated heterocycles. The predicted octanol–water partition coefficient (Wildman–Crippen LogP) is 0.896. The minimum absolute atomic E-state index is 0.176. The Labute approximate surface area is 121 Å². The van der Waals surface area contributed by atoms with E-state index in [-0.39, 0.29) is 11.8 Å². The number of carbonyl (C=O) groups excluding carboxylic acids is 2. The first kappa shape index (κ1) is 13.4. The van der Waals surface area contributed by atoms with Gasteiger partial charge in [-0.1, -0.05) is 17.7 Å². The largest absolute Gasteiger partial charge is 0.389 e. The first-order chi connectivity index (χ1) is 9.56. The van der Waals surface area contributed by atoms with Gasteiger partial charge in [-0.3, -0.25) is 9.59 Å². The van der Waals surface area contributed by atoms with E-state index in [1.165, 1.54) is 4.90 Å². The Morgan fingerprint density at radius 3 is 2.75 bits per heavy atom. The first-order valence-corrected chi connectivity index (χ1v) is 6.98. The van der Waals surface area contributed by atoms with Gasteiger partial charge in [0, 0.05) is 30.3 Å². The van der Waals surface area contributed by atoms with Gasteiger partial charge >= 0.3 is 0 Å². The molecule has 2 heterocycles. The standard InChI is InChI=1S/C14H15ClN2O3/c15-9-2-1-3-10(6-9)17-5-4-12(14(17)20)13(19)16-7-11(18)8-16/h1-3,6,11-12,18H,4-5,7-8H2. The van der Waals surface area contributed by atoms with E-state index in [2.05, 4.69) is 0 Å². The minimum atomic E-state index is -0.624. The number of likely N-dealkylation sites (tertiary alicyclic amines) is 1. The topological polar surface area (TPSA) is 60.9 Å². The second-order valence-corrected chi connectivity index (χ2v) is 5.64. The van der Waals surface area contributed by atoms with Gasteiger partial charge in [0.15, 0.2) is 0 Å². The monoisotopic (exact) mass is 294 g/mol. The molecule has 0 spiro atoms. The minimum Gasteiger partial charge on any atom is -0.389 e. The zero-order valence-electron chi connectivity index (χ0n) is 10.8. The molecule has 3 rings (SSSR count). The first-order valence-electron chi connectivity index (χ1n) is 6.60. The van der Waals surface area contributed by atoms with E-state index in [4.69, 9.17) is 11.6 Å². The molecule has 0 aromatic heterocycles. The average molecular weight is 295 g/mol. The third kappa shape index (κ3) is 2.27. The zero-order chi connectivity index (χ0) is 14.3. The summed E-state index contributed by atoms with van der Waals surface area (Å²) >= 11 is 5.93. The Morgan fingerprint density at radius 2 is 2.10 bits per heavy atom. The summed E-state index contributed by atoms with van der Waals surface area (Å²) < 4.78 is 0. The summed E-state index contributed by atoms with van der Waals surface area (Å²) in [4.78, 5) is 27.7. The van der Waals surface area contributed by atoms with E-state index in [1.807, 2.05) is 6.07 Å². The fourth-order valence-corrected chi connectivity index (χ4v) is 2.85. The van der Waals surface area contributed by atoms with Crippen LogP contribution in [0.4, 0.5) is 5.69 Å². The molecule has 1 aromatic carbocycles. The molecule has 1 aromatic rings. The third-order valence-corrected chi connectivity index (χ3v) is 4.03. The Morgan fingerprint density at radius 1 is 1.35 bits per heavy atom. The van der Waals surface area contributed by atoms with Crippen molar-refractivity contribution in [2.75, 3.05) is 24.5 Å². The molecule has 106 valence electrons. The molecule has 5 nitrogen and oxygen atoms in total. The molecule has 1 unspecified atom stereocenters. The molecule has 20 heavy (non-hydrogen) atoms. The summed E-state index contributed by atoms with van der Waals surface area (Å²) in [5.41, 5.74) is 0.724. The van der Waals surface area contributed by atoms with Crippen molar-refractivity contribution in [1.82, 2.24) is 4.90 Å². The van der Waals surface area contributed by atoms with E-state index in [9.17, 15) is 14.7 Å². The lowest BCUT2D eigenvalue weighted by Crippen LogP contribution is -2.56. The number of carbonyl (C=O) groups is 2. The van der Waals surface area contributed by atoms with E-state index in [0.717, 1.165) is 5.69 Å². The average Bonchev–Trinajstić information content (AvgIpc) is 2.76. The van der Waals surface area contributed by atoms with Crippen LogP contribution in [0.3, 0.4) is 0 Å². The van der Waals surface area contributed by atoms with Crippen LogP contribution in [0.15, 0.2) is 24.3 Å². The normalized spacial score (nSPS) is 23.1. The number of β-amino-alcohol motifs (C(OH)–C–C–N with tert-alkyl or cyclic N) is 1. The lowest BCUT2D eigenvalue weighted by atomic mass is 10.0. The number of hydrogen-bond acceptors (Lipinski definition) is 3. The third-order valence-electron chi connectivity index (χ3n) is 3.80. The van der Waals surface area contributed by atoms with Crippen molar-refractivity contribution in [3.05, 3.63) is 29.3 Å². The molecule has 6 heteroatoms. The quantitative estimate of drug-likeness (QED) is 0.824. The van der Waals surface area contributed by atoms with Crippen LogP contribution in [0.25, 0.3) is 0 Å². The smallest absolute Gasteiger partial charge is 0.239 e. The molecule has 0 bridgehead atoms. The SMILES string of the molecule is O=C(C1CCN(c2cccc(Cl)c2)C1=O)N1CC(O)C1. The van der Waals surface area contributed by atoms with Crippen LogP contribution in [0.5, 0.6) is 0 Å². The molecule has 2 amide bonds. The molecular formula is C14H15ClN2O3. The van der Waals surface area contributed by atoms with E-state index < -0.39 is 12.0 Å². The fourth-order valence-electron chi connectivity index (χ4n) is 2.67. The van der Waals surface area contributed by atoms with Gasteiger partial charge in [0.1, 0.15) is 5.92 Å². The summed E-state index contributed by atoms with van der Waals surface area (Å²) in [5, 5.41) is 9.80. The summed E-state index contributed by atoms with van der Waals surface area (Å²) in [7, 11) is 0. The molecule has 1 N–H and O–H groups in total. The number of aliphatic hydroxyl groups is 1. The van der Waals surface area contributed by atoms with E-state index in [1.54, 1.807) is 23.1 Å². The number of rotatable bonds is 2. The molecule has 2 aliphatic heterocycles. The Hall–Kier alpha value is -1.59. The summed E-state index contributed by atoms with van der Waals surface area (Å²) in [6.45, 7) is 1.19. The molecule has 0 saturated carbocycles. The molecule has 0 radical (unpaired) electrons. The highest BCUT2D eigenvalue weighted by Crippen LogP contribution is 2.29. The van der Waals surface area contributed by atoms with Gasteiger partial charge in [-0.05, 0) is 24.6 Å². The van der Waals surface area contributed by atoms with Crippen LogP contribution >= 0.6 is 11.6 Å². The Balaban J connectivity index is 1.72. The molecule has 1 atom stereocenters. The lowest BCUT2D eigenvalue weighted by Gasteiger charge is -2.37. The Kier molecular flexibility index (Phi) is 3.40. The van der Waals surface area contributed by atoms with Crippen LogP contribution in [-0.4, -0.2) is 47.6 Å². The van der Waals surface area contributed by atoms with Gasteiger partial charge < -0.3 is 14.9 Å². The highest BCUT2D eigenvalue weighted by molar-refractivity contribution is 6.31. The maximum atomic E-state index is 12.4. The highest BCUT2D eigenvalue weighted by Gasteiger charge is 2.42. The van der Waals surface area contributed by atoms with Crippen LogP contribution in [0, 0.1) is 5.92 Å². The summed E-state index contributed by atoms with van der Waals surface area (Å²) in [6, 6.07) is 7.06. The predicted molar refractivity (Wildman–Crippen MR) is 74.5 cm³/mol. The van der Waals surface area contributed by atoms with Gasteiger partial charge in [-0.25, -0.2) is 0 Å². The zero-order valence-corrected chi connectivity index (χ0v) is 11.6. The highest BCUT2D eigenvalue weighted by atomic mass is 35.5. The second-order valence-electron chi connectivity index (χ2n) is 5.21. The van der Waals surface area contributed by atoms with Crippen molar-refractivity contribution >= 4 is 29.1 Å². The number of halogens is 1. The van der Waals surface area contributed by atoms with E-state index in [0.29, 0.717) is 31.1 Å². The van der Waals surface area contributed by atoms with Crippen molar-refractivity contribution in [2.45, 2.75) is 12.5 Å². The summed E-state index contributed by atoms with van der Waals surface area (Å²) in [6.07, 6.45) is 0.0658. The number of anilines is 1. The van der Waals surface area contributed by atoms with Gasteiger partial charge in [-0.2, -0.15) is 0 Å². The van der Waals surface area contributed by atoms with Crippen LogP contribution in [-0.2, 0) is 9.59 Å². The molecule has 0 aliphatic carbocycles. The molecular weight excluding hydrogens is 280 g/mol. The van der Waals surface area contributed by atoms with Gasteiger partial charge in [0.25, 0.3) is 0 Å². The number of benzene rings is 1. The number of amides is 2. The van der Waals surface area contributed by atoms with Crippen molar-refractivity contribution in [2.24, 2.45) is 5.92 Å². The van der Waals surface area contributed by atoms with Crippen molar-refractivity contribution < 1.29 is 14.7 Å². The Bertz CT molecular complexity index is 557. The van der Waals surface area contributed by atoms with Gasteiger partial charge in [-0.15, -0.1) is 0 Å². The second kappa shape index (κ2) is 5.07. The molecule has 2 fully saturated rings. The summed E-state index contributed by atoms with van der Waals surface area (Å²) in [5.74, 6) is -0.982. The number of nitrogens with zero attached hydrogens (tertiary/aromatic N) is 2. The van der Waals surface area contributed by atoms with Crippen molar-refractivity contribution in [3.8, 4) is 0 Å². The molecule has 2 aliphatic rings. The van der Waals surface area contributed by atoms with Crippen molar-refractivity contribution in [3.63, 3.8) is 0 Å². The van der Waals surface area contributed by atoms with Gasteiger partial charge in [0.05, 0.1) is 6.10 Å². The lowest BCUT2D eigenvalue weighted by molar-refractivity contribution is -0.148. The maximum Gasteiger partial charge on any atom is 0.239 e. The number of hydrogen-bond donors (Lipinski definition) is 1. The fraction of sp³-hybridized carbons (Fsp3) is 0.429. The van der Waals surface area contributed by atoms with Crippen molar-refractivity contribution in [1.29, 1.82) is 0 Å². The van der Waals surface area contributed by atoms with E-state index >= 15 is 0 Å². The van der Waals surface area contributed by atoms with Crippen LogP contribution in [0.1, 0.15) is 6.42 Å². The maximum absolute atomic E-state index is 12.4. The van der Waals surface area contributed by atoms with Crippen LogP contribution in [0.2, 0.25) is 5.02 Å². The van der Waals surface area contributed by atoms with Crippen LogP contribution < -0.4 is 4.90 Å². The van der Waals surface area contributed by atoms with Gasteiger partial charge in [0.2, 0.25) is 11.8 Å².